The fourth-order valence-electron chi connectivity index (χ4n) is 3.22. The molecule has 2 N–H and O–H groups in total. The molecule has 0 saturated carbocycles. The van der Waals surface area contributed by atoms with Crippen LogP contribution in [0.3, 0.4) is 0 Å². The summed E-state index contributed by atoms with van der Waals surface area (Å²) in [4.78, 5) is 13.7. The minimum atomic E-state index is -0.491. The molecule has 3 rings (SSSR count). The number of aliphatic hydroxyl groups is 1. The topological polar surface area (TPSA) is 71.0 Å². The molecule has 7 heteroatoms. The first-order valence-electron chi connectivity index (χ1n) is 8.31. The summed E-state index contributed by atoms with van der Waals surface area (Å²) in [5.74, 6) is 1.54. The maximum Gasteiger partial charge on any atom is 0.231 e. The average molecular weight is 355 g/mol. The Labute approximate surface area is 146 Å². The number of ether oxygens (including phenoxy) is 2. The standard InChI is InChI=1S/C17H23ClN2O4/c1-11(21)9-20-13(2-3-17(20)22)4-5-19-8-12-6-15-16(7-14(12)18)24-10-23-15/h6-7,11,13,19,21H,2-5,8-10H2,1H3/t11-,13+/m0/s1. The van der Waals surface area contributed by atoms with Crippen molar-refractivity contribution in [2.45, 2.75) is 44.9 Å². The van der Waals surface area contributed by atoms with Gasteiger partial charge in [-0.25, -0.2) is 0 Å². The molecule has 6 nitrogen and oxygen atoms in total. The molecule has 0 unspecified atom stereocenters. The summed E-state index contributed by atoms with van der Waals surface area (Å²) in [5.41, 5.74) is 0.962. The Bertz CT molecular complexity index is 608. The quantitative estimate of drug-likeness (QED) is 0.732. The van der Waals surface area contributed by atoms with E-state index in [2.05, 4.69) is 5.32 Å². The van der Waals surface area contributed by atoms with E-state index in [4.69, 9.17) is 21.1 Å². The third-order valence-electron chi connectivity index (χ3n) is 4.42. The molecule has 0 spiro atoms. The van der Waals surface area contributed by atoms with Crippen LogP contribution >= 0.6 is 11.6 Å². The van der Waals surface area contributed by atoms with Crippen LogP contribution in [0.1, 0.15) is 31.7 Å². The van der Waals surface area contributed by atoms with Crippen LogP contribution < -0.4 is 14.8 Å². The lowest BCUT2D eigenvalue weighted by atomic mass is 10.1. The van der Waals surface area contributed by atoms with Gasteiger partial charge in [-0.3, -0.25) is 4.79 Å². The van der Waals surface area contributed by atoms with Crippen LogP contribution in [-0.2, 0) is 11.3 Å². The fourth-order valence-corrected chi connectivity index (χ4v) is 3.44. The predicted octanol–water partition coefficient (Wildman–Crippen LogP) is 1.92. The lowest BCUT2D eigenvalue weighted by Gasteiger charge is -2.26. The molecule has 1 aromatic rings. The molecule has 132 valence electrons. The molecule has 1 amide bonds. The Morgan fingerprint density at radius 2 is 2.17 bits per heavy atom. The number of carbonyl (C=O) groups excluding carboxylic acids is 1. The Kier molecular flexibility index (Phi) is 5.48. The smallest absolute Gasteiger partial charge is 0.231 e. The lowest BCUT2D eigenvalue weighted by Crippen LogP contribution is -2.39. The number of benzene rings is 1. The number of rotatable bonds is 7. The first kappa shape index (κ1) is 17.3. The van der Waals surface area contributed by atoms with Crippen molar-refractivity contribution in [3.8, 4) is 11.5 Å². The van der Waals surface area contributed by atoms with E-state index >= 15 is 0 Å². The molecule has 1 fully saturated rings. The highest BCUT2D eigenvalue weighted by atomic mass is 35.5. The summed E-state index contributed by atoms with van der Waals surface area (Å²) in [5, 5.41) is 13.5. The third kappa shape index (κ3) is 3.94. The fraction of sp³-hybridized carbons (Fsp3) is 0.588. The first-order valence-corrected chi connectivity index (χ1v) is 8.68. The summed E-state index contributed by atoms with van der Waals surface area (Å²) in [7, 11) is 0. The van der Waals surface area contributed by atoms with Gasteiger partial charge in [-0.2, -0.15) is 0 Å². The van der Waals surface area contributed by atoms with Crippen molar-refractivity contribution < 1.29 is 19.4 Å². The van der Waals surface area contributed by atoms with Gasteiger partial charge in [0.2, 0.25) is 12.7 Å². The number of β-amino-alcohol motifs (C(OH)–C–C–N with tert-alkyl or cyclic N) is 1. The van der Waals surface area contributed by atoms with Crippen LogP contribution in [0.25, 0.3) is 0 Å². The van der Waals surface area contributed by atoms with Crippen molar-refractivity contribution in [3.05, 3.63) is 22.7 Å². The Morgan fingerprint density at radius 3 is 2.92 bits per heavy atom. The number of aliphatic hydroxyl groups excluding tert-OH is 1. The van der Waals surface area contributed by atoms with E-state index in [1.807, 2.05) is 6.07 Å². The summed E-state index contributed by atoms with van der Waals surface area (Å²) in [6.45, 7) is 3.77. The molecular weight excluding hydrogens is 332 g/mol. The van der Waals surface area contributed by atoms with Crippen LogP contribution in [0.4, 0.5) is 0 Å². The van der Waals surface area contributed by atoms with Crippen LogP contribution in [0.15, 0.2) is 12.1 Å². The molecule has 2 atom stereocenters. The number of hydrogen-bond acceptors (Lipinski definition) is 5. The van der Waals surface area contributed by atoms with Crippen molar-refractivity contribution in [2.24, 2.45) is 0 Å². The first-order chi connectivity index (χ1) is 11.5. The zero-order chi connectivity index (χ0) is 17.1. The van der Waals surface area contributed by atoms with Gasteiger partial charge in [-0.15, -0.1) is 0 Å². The summed E-state index contributed by atoms with van der Waals surface area (Å²) in [6.07, 6.45) is 1.80. The van der Waals surface area contributed by atoms with Crippen molar-refractivity contribution in [2.75, 3.05) is 19.9 Å². The third-order valence-corrected chi connectivity index (χ3v) is 4.78. The van der Waals surface area contributed by atoms with E-state index in [1.165, 1.54) is 0 Å². The number of fused-ring (bicyclic) bond motifs is 1. The van der Waals surface area contributed by atoms with Crippen molar-refractivity contribution in [1.29, 1.82) is 0 Å². The van der Waals surface area contributed by atoms with Gasteiger partial charge >= 0.3 is 0 Å². The molecule has 24 heavy (non-hydrogen) atoms. The number of nitrogens with one attached hydrogen (secondary N) is 1. The van der Waals surface area contributed by atoms with E-state index in [0.29, 0.717) is 30.3 Å². The van der Waals surface area contributed by atoms with Gasteiger partial charge in [0.15, 0.2) is 11.5 Å². The zero-order valence-electron chi connectivity index (χ0n) is 13.8. The number of hydrogen-bond donors (Lipinski definition) is 2. The van der Waals surface area contributed by atoms with Crippen molar-refractivity contribution in [1.82, 2.24) is 10.2 Å². The van der Waals surface area contributed by atoms with E-state index in [9.17, 15) is 9.90 Å². The van der Waals surface area contributed by atoms with Crippen molar-refractivity contribution >= 4 is 17.5 Å². The molecule has 2 heterocycles. The van der Waals surface area contributed by atoms with E-state index in [1.54, 1.807) is 17.9 Å². The van der Waals surface area contributed by atoms with E-state index in [0.717, 1.165) is 30.7 Å². The van der Waals surface area contributed by atoms with Crippen LogP contribution in [0, 0.1) is 0 Å². The summed E-state index contributed by atoms with van der Waals surface area (Å²) >= 11 is 6.26. The SMILES string of the molecule is C[C@H](O)CN1C(=O)CC[C@@H]1CCNCc1cc2c(cc1Cl)OCO2. The Balaban J connectivity index is 1.48. The van der Waals surface area contributed by atoms with Gasteiger partial charge in [0.05, 0.1) is 6.10 Å². The second-order valence-electron chi connectivity index (χ2n) is 6.35. The highest BCUT2D eigenvalue weighted by molar-refractivity contribution is 6.31. The molecule has 1 saturated heterocycles. The second kappa shape index (κ2) is 7.59. The molecule has 0 bridgehead atoms. The van der Waals surface area contributed by atoms with Gasteiger partial charge in [0.25, 0.3) is 0 Å². The van der Waals surface area contributed by atoms with E-state index < -0.39 is 6.10 Å². The monoisotopic (exact) mass is 354 g/mol. The molecular formula is C17H23ClN2O4. The zero-order valence-corrected chi connectivity index (χ0v) is 14.5. The number of halogens is 1. The van der Waals surface area contributed by atoms with Gasteiger partial charge < -0.3 is 24.8 Å². The average Bonchev–Trinajstić information content (AvgIpc) is 3.11. The molecule has 0 aromatic heterocycles. The minimum Gasteiger partial charge on any atom is -0.454 e. The van der Waals surface area contributed by atoms with Crippen LogP contribution in [0.2, 0.25) is 5.02 Å². The maximum atomic E-state index is 11.9. The summed E-state index contributed by atoms with van der Waals surface area (Å²) in [6, 6.07) is 3.88. The highest BCUT2D eigenvalue weighted by Crippen LogP contribution is 2.36. The Hall–Kier alpha value is -1.50. The number of nitrogens with zero attached hydrogens (tertiary/aromatic N) is 1. The molecule has 2 aliphatic heterocycles. The molecule has 0 radical (unpaired) electrons. The molecule has 1 aromatic carbocycles. The normalized spacial score (nSPS) is 20.7. The van der Waals surface area contributed by atoms with Gasteiger partial charge in [-0.05, 0) is 37.9 Å². The van der Waals surface area contributed by atoms with Crippen LogP contribution in [0.5, 0.6) is 11.5 Å². The second-order valence-corrected chi connectivity index (χ2v) is 6.76. The largest absolute Gasteiger partial charge is 0.454 e. The number of amides is 1. The number of likely N-dealkylation sites (tertiary alicyclic amines) is 1. The lowest BCUT2D eigenvalue weighted by molar-refractivity contribution is -0.130. The van der Waals surface area contributed by atoms with Gasteiger partial charge in [-0.1, -0.05) is 11.6 Å². The van der Waals surface area contributed by atoms with Crippen molar-refractivity contribution in [3.63, 3.8) is 0 Å². The molecule has 2 aliphatic rings. The van der Waals surface area contributed by atoms with E-state index in [-0.39, 0.29) is 18.7 Å². The Morgan fingerprint density at radius 1 is 1.42 bits per heavy atom. The highest BCUT2D eigenvalue weighted by Gasteiger charge is 2.30. The minimum absolute atomic E-state index is 0.139. The summed E-state index contributed by atoms with van der Waals surface area (Å²) < 4.78 is 10.7. The number of carbonyl (C=O) groups is 1. The van der Waals surface area contributed by atoms with Gasteiger partial charge in [0, 0.05) is 36.6 Å². The molecule has 0 aliphatic carbocycles. The van der Waals surface area contributed by atoms with Gasteiger partial charge in [0.1, 0.15) is 0 Å². The predicted molar refractivity (Wildman–Crippen MR) is 90.3 cm³/mol. The van der Waals surface area contributed by atoms with Crippen LogP contribution in [-0.4, -0.2) is 47.9 Å². The maximum absolute atomic E-state index is 11.9.